The number of amides is 4. The third-order valence-corrected chi connectivity index (χ3v) is 21.6. The molecule has 2 saturated heterocycles. The Morgan fingerprint density at radius 1 is 0.417 bits per heavy atom. The number of carbonyl (C=O) groups excluding carboxylic acids is 8. The Kier molecular flexibility index (Phi) is 21.4. The molecule has 15 rings (SSSR count). The van der Waals surface area contributed by atoms with E-state index in [4.69, 9.17) is 92.8 Å². The number of carbonyl (C=O) groups is 8. The summed E-state index contributed by atoms with van der Waals surface area (Å²) in [6.45, 7) is 7.71. The standard InChI is InChI=1S/C20H17Cl2FN2O3.C19H15Cl2NO3.C19H17Cl2NO3.C18H14Cl2N2O3/c21-12-4-5-13(22)18-17(12)20(28,19(27)24-18)10-16(26)11-3-6-15(14(23)9-11)25-7-1-2-8-25;20-13-7-8-14(21)17-16(13)19(25,18(24)22-17)9-15(23)12-5-3-11(4-6-12)10-1-2-10;1-10(2)11-3-5-12(6-4-11)15(23)9-19(25)16-13(20)7-8-14(21)17(16)22-18(19)24;19-12-5-6-13(20)16-15(12)18(25,17(24)21-16)9-14(23)10-1-3-11(4-2-10)22-7-8-22/h3-6,9,28H,1-2,7-8,10H2,(H,24,27);3-8,10,25H,1-2,9H2,(H,22,24);3-8,10,25H,9H2,1-2H3,(H,22,24);1-6,25H,7-9H2,(H,21,24)/t20-;2*19-;18-/m1111/s1. The van der Waals surface area contributed by atoms with Gasteiger partial charge in [0.25, 0.3) is 23.6 Å². The van der Waals surface area contributed by atoms with Crippen LogP contribution in [-0.2, 0) is 41.6 Å². The molecule has 0 radical (unpaired) electrons. The average Bonchev–Trinajstić information content (AvgIpc) is 1.62. The molecule has 8 aromatic rings. The molecule has 0 aromatic heterocycles. The smallest absolute Gasteiger partial charge is 0.261 e. The fourth-order valence-corrected chi connectivity index (χ4v) is 15.2. The van der Waals surface area contributed by atoms with Crippen LogP contribution < -0.4 is 31.1 Å². The molecule has 8 aromatic carbocycles. The molecule has 3 fully saturated rings. The van der Waals surface area contributed by atoms with Crippen molar-refractivity contribution in [3.63, 3.8) is 0 Å². The highest BCUT2D eigenvalue weighted by atomic mass is 35.5. The number of halogens is 9. The van der Waals surface area contributed by atoms with Crippen LogP contribution in [0.25, 0.3) is 0 Å². The van der Waals surface area contributed by atoms with Gasteiger partial charge < -0.3 is 51.5 Å². The second-order valence-electron chi connectivity index (χ2n) is 26.3. The van der Waals surface area contributed by atoms with Crippen LogP contribution in [0.3, 0.4) is 0 Å². The van der Waals surface area contributed by atoms with Crippen molar-refractivity contribution in [2.24, 2.45) is 0 Å². The molecule has 1 aliphatic carbocycles. The fourth-order valence-electron chi connectivity index (χ4n) is 13.1. The van der Waals surface area contributed by atoms with Gasteiger partial charge in [-0.1, -0.05) is 155 Å². The molecular weight excluding hydrogens is 1490 g/mol. The lowest BCUT2D eigenvalue weighted by Gasteiger charge is -2.22. The Morgan fingerprint density at radius 3 is 1.03 bits per heavy atom. The van der Waals surface area contributed by atoms with Gasteiger partial charge in [-0.05, 0) is 140 Å². The first kappa shape index (κ1) is 74.7. The fraction of sp³-hybridized carbons (Fsp3) is 0.263. The molecule has 4 amide bonds. The van der Waals surface area contributed by atoms with Crippen LogP contribution in [0.1, 0.15) is 152 Å². The van der Waals surface area contributed by atoms with Gasteiger partial charge in [-0.2, -0.15) is 0 Å². The number of ketones is 4. The number of anilines is 6. The first-order chi connectivity index (χ1) is 48.8. The number of fused-ring (bicyclic) bond motifs is 4. The zero-order chi connectivity index (χ0) is 73.9. The van der Waals surface area contributed by atoms with E-state index in [1.54, 1.807) is 42.5 Å². The highest BCUT2D eigenvalue weighted by molar-refractivity contribution is 6.41. The van der Waals surface area contributed by atoms with Crippen molar-refractivity contribution in [2.75, 3.05) is 57.2 Å². The number of Topliss-reactive ketones (excluding diaryl/α,β-unsaturated/α-hetero) is 4. The van der Waals surface area contributed by atoms with E-state index in [-0.39, 0.29) is 108 Å². The van der Waals surface area contributed by atoms with Gasteiger partial charge in [-0.3, -0.25) is 38.4 Å². The zero-order valence-electron chi connectivity index (χ0n) is 54.8. The highest BCUT2D eigenvalue weighted by Gasteiger charge is 2.53. The lowest BCUT2D eigenvalue weighted by molar-refractivity contribution is -0.133. The van der Waals surface area contributed by atoms with Crippen molar-refractivity contribution in [1.29, 1.82) is 0 Å². The Morgan fingerprint density at radius 2 is 0.718 bits per heavy atom. The third-order valence-electron chi connectivity index (χ3n) is 19.1. The molecule has 6 aliphatic heterocycles. The van der Waals surface area contributed by atoms with Crippen molar-refractivity contribution in [3.05, 3.63) is 241 Å². The zero-order valence-corrected chi connectivity index (χ0v) is 60.8. The van der Waals surface area contributed by atoms with E-state index in [2.05, 4.69) is 40.0 Å². The number of aliphatic hydroxyl groups is 4. The van der Waals surface area contributed by atoms with Gasteiger partial charge in [0, 0.05) is 96.5 Å². The third kappa shape index (κ3) is 14.8. The predicted octanol–water partition coefficient (Wildman–Crippen LogP) is 16.2. The van der Waals surface area contributed by atoms with Crippen molar-refractivity contribution in [2.45, 2.75) is 99.5 Å². The first-order valence-electron chi connectivity index (χ1n) is 32.7. The van der Waals surface area contributed by atoms with Crippen LogP contribution in [0.15, 0.2) is 140 Å². The van der Waals surface area contributed by atoms with E-state index in [0.29, 0.717) is 34.2 Å². The summed E-state index contributed by atoms with van der Waals surface area (Å²) in [7, 11) is 0. The number of benzene rings is 8. The van der Waals surface area contributed by atoms with Crippen molar-refractivity contribution in [1.82, 2.24) is 0 Å². The number of hydrogen-bond acceptors (Lipinski definition) is 14. The normalized spacial score (nSPS) is 20.7. The summed E-state index contributed by atoms with van der Waals surface area (Å²) in [5, 5.41) is 55.4. The predicted molar refractivity (Wildman–Crippen MR) is 397 cm³/mol. The Bertz CT molecular complexity index is 4500. The van der Waals surface area contributed by atoms with Gasteiger partial charge in [0.05, 0.1) is 74.2 Å². The largest absolute Gasteiger partial charge is 0.375 e. The topological polar surface area (TPSA) is 272 Å². The number of rotatable bonds is 16. The van der Waals surface area contributed by atoms with Crippen LogP contribution in [0, 0.1) is 5.82 Å². The molecule has 7 aliphatic rings. The van der Waals surface area contributed by atoms with Crippen molar-refractivity contribution >= 4 is 174 Å². The Balaban J connectivity index is 0.000000130. The van der Waals surface area contributed by atoms with Crippen LogP contribution in [0.4, 0.5) is 38.5 Å². The van der Waals surface area contributed by atoms with Gasteiger partial charge >= 0.3 is 0 Å². The minimum absolute atomic E-state index is 0.0641. The van der Waals surface area contributed by atoms with Gasteiger partial charge in [0.1, 0.15) is 5.82 Å². The summed E-state index contributed by atoms with van der Waals surface area (Å²) >= 11 is 48.9. The summed E-state index contributed by atoms with van der Waals surface area (Å²) in [5.41, 5.74) is -1.56. The molecule has 18 nitrogen and oxygen atoms in total. The summed E-state index contributed by atoms with van der Waals surface area (Å²) < 4.78 is 14.5. The van der Waals surface area contributed by atoms with Crippen LogP contribution in [-0.4, -0.2) is 93.4 Å². The lowest BCUT2D eigenvalue weighted by Crippen LogP contribution is -2.36. The van der Waals surface area contributed by atoms with Gasteiger partial charge in [-0.25, -0.2) is 4.39 Å². The van der Waals surface area contributed by atoms with Crippen LogP contribution in [0.5, 0.6) is 0 Å². The maximum atomic E-state index is 14.5. The summed E-state index contributed by atoms with van der Waals surface area (Å²) in [4.78, 5) is 104. The van der Waals surface area contributed by atoms with Crippen LogP contribution in [0.2, 0.25) is 40.2 Å². The highest BCUT2D eigenvalue weighted by Crippen LogP contribution is 2.51. The first-order valence-corrected chi connectivity index (χ1v) is 35.7. The van der Waals surface area contributed by atoms with Gasteiger partial charge in [0.15, 0.2) is 45.5 Å². The molecule has 0 spiro atoms. The molecule has 1 saturated carbocycles. The van der Waals surface area contributed by atoms with E-state index in [1.807, 2.05) is 41.3 Å². The molecule has 27 heteroatoms. The van der Waals surface area contributed by atoms with E-state index >= 15 is 0 Å². The number of hydrogen-bond donors (Lipinski definition) is 8. The van der Waals surface area contributed by atoms with Gasteiger partial charge in [0.2, 0.25) is 0 Å². The number of nitrogens with one attached hydrogen (secondary N) is 4. The summed E-state index contributed by atoms with van der Waals surface area (Å²) in [5.74, 6) is -4.05. The average molecular weight is 1550 g/mol. The molecular formula is C76H63Cl8FN6O12. The minimum atomic E-state index is -2.17. The molecule has 103 heavy (non-hydrogen) atoms. The van der Waals surface area contributed by atoms with E-state index in [0.717, 1.165) is 56.3 Å². The maximum Gasteiger partial charge on any atom is 0.261 e. The van der Waals surface area contributed by atoms with Crippen molar-refractivity contribution < 1.29 is 63.2 Å². The second-order valence-corrected chi connectivity index (χ2v) is 29.6. The molecule has 6 heterocycles. The monoisotopic (exact) mass is 1550 g/mol. The molecule has 0 bridgehead atoms. The van der Waals surface area contributed by atoms with E-state index in [1.165, 1.54) is 73.0 Å². The molecule has 8 N–H and O–H groups in total. The molecule has 0 unspecified atom stereocenters. The maximum absolute atomic E-state index is 14.5. The quantitative estimate of drug-likeness (QED) is 0.0330. The van der Waals surface area contributed by atoms with E-state index in [9.17, 15) is 63.2 Å². The van der Waals surface area contributed by atoms with Crippen molar-refractivity contribution in [3.8, 4) is 0 Å². The van der Waals surface area contributed by atoms with Gasteiger partial charge in [-0.15, -0.1) is 0 Å². The number of nitrogens with zero attached hydrogens (tertiary/aromatic N) is 2. The summed E-state index contributed by atoms with van der Waals surface area (Å²) in [6.07, 6.45) is 2.59. The molecule has 4 atom stereocenters. The Hall–Kier alpha value is -7.99. The van der Waals surface area contributed by atoms with E-state index < -0.39 is 83.3 Å². The minimum Gasteiger partial charge on any atom is -0.375 e. The SMILES string of the molecule is CC(C)c1ccc(C(=O)C[C@]2(O)C(=O)Nc3c(Cl)ccc(Cl)c32)cc1.O=C(C[C@]1(O)C(=O)Nc2c(Cl)ccc(Cl)c21)c1ccc(C2CC2)cc1.O=C(C[C@]1(O)C(=O)Nc2c(Cl)ccc(Cl)c21)c1ccc(N2CC2)cc1.O=C(C[C@]1(O)C(=O)Nc2c(Cl)ccc(Cl)c21)c1ccc(N2CCCC2)c(F)c1. The Labute approximate surface area is 630 Å². The second kappa shape index (κ2) is 29.5. The summed E-state index contributed by atoms with van der Waals surface area (Å²) in [6, 6.07) is 37.9. The molecule has 532 valence electrons. The van der Waals surface area contributed by atoms with Crippen LogP contribution >= 0.6 is 92.8 Å². The lowest BCUT2D eigenvalue weighted by atomic mass is 9.87.